The van der Waals surface area contributed by atoms with Crippen molar-refractivity contribution in [2.24, 2.45) is 0 Å². The fraction of sp³-hybridized carbons (Fsp3) is 0.400. The number of nitrogens with zero attached hydrogens (tertiary/aromatic N) is 2. The minimum atomic E-state index is -0.104. The van der Waals surface area contributed by atoms with E-state index in [1.165, 1.54) is 0 Å². The summed E-state index contributed by atoms with van der Waals surface area (Å²) in [6.07, 6.45) is 3.23. The van der Waals surface area contributed by atoms with Crippen LogP contribution in [0.5, 0.6) is 0 Å². The zero-order valence-corrected chi connectivity index (χ0v) is 13.1. The van der Waals surface area contributed by atoms with Gasteiger partial charge in [0.1, 0.15) is 5.69 Å². The second-order valence-corrected chi connectivity index (χ2v) is 6.12. The van der Waals surface area contributed by atoms with E-state index >= 15 is 0 Å². The maximum atomic E-state index is 12.6. The monoisotopic (exact) mass is 335 g/mol. The standard InChI is InChI=1S/C15H18BrN3O/c1-2-9-18-14(10-7-8-10)13(17)15(20)19(18)12-6-4-3-5-11(12)16/h3-6,10H,2,7-9,17H2,1H3. The van der Waals surface area contributed by atoms with Crippen LogP contribution >= 0.6 is 15.9 Å². The largest absolute Gasteiger partial charge is 0.393 e. The van der Waals surface area contributed by atoms with Crippen LogP contribution in [0, 0.1) is 0 Å². The Labute approximate surface area is 126 Å². The first-order chi connectivity index (χ1) is 9.65. The molecule has 1 heterocycles. The summed E-state index contributed by atoms with van der Waals surface area (Å²) in [5.74, 6) is 0.456. The molecule has 1 saturated carbocycles. The number of rotatable bonds is 4. The van der Waals surface area contributed by atoms with Crippen LogP contribution in [0.25, 0.3) is 5.69 Å². The molecular formula is C15H18BrN3O. The van der Waals surface area contributed by atoms with Crippen LogP contribution in [0.4, 0.5) is 5.69 Å². The quantitative estimate of drug-likeness (QED) is 0.932. The summed E-state index contributed by atoms with van der Waals surface area (Å²) < 4.78 is 4.69. The van der Waals surface area contributed by atoms with Crippen LogP contribution in [0.2, 0.25) is 0 Å². The molecule has 2 N–H and O–H groups in total. The first-order valence-electron chi connectivity index (χ1n) is 7.01. The van der Waals surface area contributed by atoms with Crippen molar-refractivity contribution >= 4 is 21.6 Å². The highest BCUT2D eigenvalue weighted by atomic mass is 79.9. The van der Waals surface area contributed by atoms with Crippen LogP contribution in [0.3, 0.4) is 0 Å². The second-order valence-electron chi connectivity index (χ2n) is 5.26. The van der Waals surface area contributed by atoms with Crippen LogP contribution in [0.15, 0.2) is 33.5 Å². The molecule has 1 fully saturated rings. The minimum Gasteiger partial charge on any atom is -0.393 e. The Morgan fingerprint density at radius 3 is 2.65 bits per heavy atom. The summed E-state index contributed by atoms with van der Waals surface area (Å²) in [4.78, 5) is 12.6. The van der Waals surface area contributed by atoms with Gasteiger partial charge in [0.15, 0.2) is 0 Å². The number of benzene rings is 1. The maximum Gasteiger partial charge on any atom is 0.294 e. The van der Waals surface area contributed by atoms with Gasteiger partial charge < -0.3 is 5.73 Å². The summed E-state index contributed by atoms with van der Waals surface area (Å²) in [5.41, 5.74) is 8.27. The van der Waals surface area contributed by atoms with Crippen LogP contribution in [-0.4, -0.2) is 9.36 Å². The van der Waals surface area contributed by atoms with Gasteiger partial charge in [0.05, 0.1) is 11.4 Å². The molecule has 1 aliphatic rings. The Bertz CT molecular complexity index is 698. The summed E-state index contributed by atoms with van der Waals surface area (Å²) in [5, 5.41) is 0. The Morgan fingerprint density at radius 2 is 2.05 bits per heavy atom. The lowest BCUT2D eigenvalue weighted by Crippen LogP contribution is -2.22. The molecular weight excluding hydrogens is 318 g/mol. The number of nitrogens with two attached hydrogens (primary N) is 1. The SMILES string of the molecule is CCCn1c(C2CC2)c(N)c(=O)n1-c1ccccc1Br. The average molecular weight is 336 g/mol. The van der Waals surface area contributed by atoms with Crippen molar-refractivity contribution < 1.29 is 0 Å². The van der Waals surface area contributed by atoms with Crippen LogP contribution in [0.1, 0.15) is 37.8 Å². The van der Waals surface area contributed by atoms with E-state index in [-0.39, 0.29) is 5.56 Å². The molecule has 4 nitrogen and oxygen atoms in total. The van der Waals surface area contributed by atoms with E-state index in [2.05, 4.69) is 27.5 Å². The lowest BCUT2D eigenvalue weighted by Gasteiger charge is -2.15. The zero-order chi connectivity index (χ0) is 14.3. The molecule has 0 radical (unpaired) electrons. The van der Waals surface area contributed by atoms with Gasteiger partial charge in [-0.05, 0) is 47.3 Å². The maximum absolute atomic E-state index is 12.6. The van der Waals surface area contributed by atoms with Crippen molar-refractivity contribution in [3.63, 3.8) is 0 Å². The summed E-state index contributed by atoms with van der Waals surface area (Å²) in [7, 11) is 0. The molecule has 1 aromatic carbocycles. The van der Waals surface area contributed by atoms with Crippen LogP contribution < -0.4 is 11.3 Å². The van der Waals surface area contributed by atoms with E-state index in [1.54, 1.807) is 4.68 Å². The topological polar surface area (TPSA) is 52.9 Å². The highest BCUT2D eigenvalue weighted by Gasteiger charge is 2.32. The van der Waals surface area contributed by atoms with Crippen molar-refractivity contribution in [2.45, 2.75) is 38.6 Å². The fourth-order valence-electron chi connectivity index (χ4n) is 2.66. The van der Waals surface area contributed by atoms with Crippen molar-refractivity contribution in [3.8, 4) is 5.69 Å². The highest BCUT2D eigenvalue weighted by Crippen LogP contribution is 2.42. The van der Waals surface area contributed by atoms with E-state index in [0.717, 1.165) is 41.7 Å². The van der Waals surface area contributed by atoms with Gasteiger partial charge in [-0.1, -0.05) is 19.1 Å². The first-order valence-corrected chi connectivity index (χ1v) is 7.80. The van der Waals surface area contributed by atoms with E-state index in [4.69, 9.17) is 5.73 Å². The lowest BCUT2D eigenvalue weighted by atomic mass is 10.2. The van der Waals surface area contributed by atoms with Crippen LogP contribution in [-0.2, 0) is 6.54 Å². The molecule has 0 saturated heterocycles. The molecule has 20 heavy (non-hydrogen) atoms. The number of hydrogen-bond acceptors (Lipinski definition) is 2. The second kappa shape index (κ2) is 5.13. The van der Waals surface area contributed by atoms with Gasteiger partial charge in [-0.2, -0.15) is 0 Å². The molecule has 1 aromatic heterocycles. The zero-order valence-electron chi connectivity index (χ0n) is 11.5. The molecule has 0 amide bonds. The van der Waals surface area contributed by atoms with E-state index in [1.807, 2.05) is 24.3 Å². The van der Waals surface area contributed by atoms with Crippen molar-refractivity contribution in [1.29, 1.82) is 0 Å². The summed E-state index contributed by atoms with van der Waals surface area (Å²) >= 11 is 3.53. The Morgan fingerprint density at radius 1 is 1.35 bits per heavy atom. The molecule has 0 atom stereocenters. The van der Waals surface area contributed by atoms with Gasteiger partial charge in [0.2, 0.25) is 0 Å². The van der Waals surface area contributed by atoms with Crippen molar-refractivity contribution in [3.05, 3.63) is 44.8 Å². The molecule has 2 aromatic rings. The van der Waals surface area contributed by atoms with Gasteiger partial charge in [0.25, 0.3) is 5.56 Å². The predicted octanol–water partition coefficient (Wildman–Crippen LogP) is 3.27. The van der Waals surface area contributed by atoms with Crippen molar-refractivity contribution in [1.82, 2.24) is 9.36 Å². The smallest absolute Gasteiger partial charge is 0.294 e. The third-order valence-corrected chi connectivity index (χ3v) is 4.37. The molecule has 0 bridgehead atoms. The minimum absolute atomic E-state index is 0.104. The highest BCUT2D eigenvalue weighted by molar-refractivity contribution is 9.10. The molecule has 5 heteroatoms. The van der Waals surface area contributed by atoms with Gasteiger partial charge in [0, 0.05) is 16.9 Å². The number of hydrogen-bond donors (Lipinski definition) is 1. The molecule has 0 spiro atoms. The number of halogens is 1. The Kier molecular flexibility index (Phi) is 3.46. The fourth-order valence-corrected chi connectivity index (χ4v) is 3.12. The number of anilines is 1. The van der Waals surface area contributed by atoms with Gasteiger partial charge >= 0.3 is 0 Å². The lowest BCUT2D eigenvalue weighted by molar-refractivity contribution is 0.514. The molecule has 0 aliphatic heterocycles. The van der Waals surface area contributed by atoms with E-state index in [9.17, 15) is 4.79 Å². The molecule has 1 aliphatic carbocycles. The number of nitrogen functional groups attached to an aromatic ring is 1. The predicted molar refractivity (Wildman–Crippen MR) is 84.4 cm³/mol. The third-order valence-electron chi connectivity index (χ3n) is 3.70. The van der Waals surface area contributed by atoms with E-state index in [0.29, 0.717) is 11.6 Å². The Hall–Kier alpha value is -1.49. The van der Waals surface area contributed by atoms with E-state index < -0.39 is 0 Å². The normalized spacial score (nSPS) is 14.7. The van der Waals surface area contributed by atoms with Gasteiger partial charge in [-0.3, -0.25) is 9.48 Å². The Balaban J connectivity index is 2.27. The molecule has 106 valence electrons. The average Bonchev–Trinajstić information content (AvgIpc) is 3.22. The number of para-hydroxylation sites is 1. The summed E-state index contributed by atoms with van der Waals surface area (Å²) in [6.45, 7) is 2.92. The molecule has 0 unspecified atom stereocenters. The van der Waals surface area contributed by atoms with Gasteiger partial charge in [-0.25, -0.2) is 4.68 Å². The van der Waals surface area contributed by atoms with Gasteiger partial charge in [-0.15, -0.1) is 0 Å². The third kappa shape index (κ3) is 2.10. The summed E-state index contributed by atoms with van der Waals surface area (Å²) in [6, 6.07) is 7.76. The number of aromatic nitrogens is 2. The van der Waals surface area contributed by atoms with Crippen molar-refractivity contribution in [2.75, 3.05) is 5.73 Å². The molecule has 3 rings (SSSR count). The first kappa shape index (κ1) is 13.5.